The first-order valence-electron chi connectivity index (χ1n) is 12.0. The highest BCUT2D eigenvalue weighted by atomic mass is 16.5. The number of rotatable bonds is 8. The van der Waals surface area contributed by atoms with Crippen molar-refractivity contribution in [3.05, 3.63) is 87.7 Å². The molecule has 0 aliphatic heterocycles. The maximum atomic E-state index is 13.6. The molecule has 3 aromatic carbocycles. The molecule has 0 atom stereocenters. The average Bonchev–Trinajstić information content (AvgIpc) is 2.84. The number of aryl methyl sites for hydroxylation is 1. The molecule has 35 heavy (non-hydrogen) atoms. The van der Waals surface area contributed by atoms with Gasteiger partial charge >= 0.3 is 0 Å². The summed E-state index contributed by atoms with van der Waals surface area (Å²) in [4.78, 5) is 18.5. The zero-order chi connectivity index (χ0) is 24.9. The molecule has 180 valence electrons. The van der Waals surface area contributed by atoms with Gasteiger partial charge in [0.25, 0.3) is 5.56 Å². The Kier molecular flexibility index (Phi) is 7.30. The van der Waals surface area contributed by atoms with Gasteiger partial charge in [-0.25, -0.2) is 4.98 Å². The normalized spacial score (nSPS) is 11.5. The van der Waals surface area contributed by atoms with E-state index in [1.54, 1.807) is 12.3 Å². The lowest BCUT2D eigenvalue weighted by Gasteiger charge is -2.18. The van der Waals surface area contributed by atoms with Gasteiger partial charge in [-0.05, 0) is 74.2 Å². The molecule has 0 bridgehead atoms. The van der Waals surface area contributed by atoms with E-state index in [0.29, 0.717) is 35.7 Å². The molecule has 0 saturated carbocycles. The topological polar surface area (TPSA) is 65.7 Å². The van der Waals surface area contributed by atoms with Crippen LogP contribution in [0, 0.1) is 6.92 Å². The fourth-order valence-corrected chi connectivity index (χ4v) is 4.07. The van der Waals surface area contributed by atoms with Crippen molar-refractivity contribution >= 4 is 17.1 Å². The van der Waals surface area contributed by atoms with Gasteiger partial charge in [0.2, 0.25) is 0 Å². The van der Waals surface area contributed by atoms with Crippen molar-refractivity contribution in [2.75, 3.05) is 13.2 Å². The van der Waals surface area contributed by atoms with E-state index < -0.39 is 0 Å². The summed E-state index contributed by atoms with van der Waals surface area (Å²) in [6.07, 6.45) is 1.65. The lowest BCUT2D eigenvalue weighted by Crippen LogP contribution is -2.21. The van der Waals surface area contributed by atoms with Crippen molar-refractivity contribution in [3.63, 3.8) is 0 Å². The van der Waals surface area contributed by atoms with Crippen LogP contribution in [0.15, 0.2) is 70.6 Å². The minimum absolute atomic E-state index is 0.227. The molecule has 0 aliphatic rings. The van der Waals surface area contributed by atoms with Crippen molar-refractivity contribution in [1.29, 1.82) is 0 Å². The van der Waals surface area contributed by atoms with E-state index in [2.05, 4.69) is 25.0 Å². The fraction of sp³-hybridized carbons (Fsp3) is 0.276. The number of ether oxygens (including phenoxy) is 2. The fourth-order valence-electron chi connectivity index (χ4n) is 4.07. The van der Waals surface area contributed by atoms with Crippen LogP contribution >= 0.6 is 0 Å². The molecule has 0 fully saturated rings. The number of fused-ring (bicyclic) bond motifs is 1. The Morgan fingerprint density at radius 1 is 0.971 bits per heavy atom. The SMILES string of the molecule is CCOc1ccccc1C=Nn1c(-c2cc(C(C)C)c(OCC)cc2C)nc2ccccc2c1=O. The van der Waals surface area contributed by atoms with Crippen LogP contribution in [0.2, 0.25) is 0 Å². The Morgan fingerprint density at radius 3 is 2.40 bits per heavy atom. The maximum absolute atomic E-state index is 13.6. The summed E-state index contributed by atoms with van der Waals surface area (Å²) in [6.45, 7) is 11.3. The molecule has 1 heterocycles. The largest absolute Gasteiger partial charge is 0.494 e. The van der Waals surface area contributed by atoms with Gasteiger partial charge in [-0.15, -0.1) is 0 Å². The van der Waals surface area contributed by atoms with Crippen LogP contribution in [0.3, 0.4) is 0 Å². The van der Waals surface area contributed by atoms with Gasteiger partial charge in [0, 0.05) is 11.1 Å². The second-order valence-corrected chi connectivity index (χ2v) is 8.58. The van der Waals surface area contributed by atoms with Gasteiger partial charge in [-0.3, -0.25) is 4.79 Å². The Labute approximate surface area is 205 Å². The molecule has 0 spiro atoms. The average molecular weight is 470 g/mol. The zero-order valence-electron chi connectivity index (χ0n) is 20.9. The van der Waals surface area contributed by atoms with E-state index in [4.69, 9.17) is 14.5 Å². The Balaban J connectivity index is 1.97. The first-order valence-corrected chi connectivity index (χ1v) is 12.0. The highest BCUT2D eigenvalue weighted by Crippen LogP contribution is 2.34. The Hall–Kier alpha value is -3.93. The van der Waals surface area contributed by atoms with E-state index >= 15 is 0 Å². The van der Waals surface area contributed by atoms with Crippen LogP contribution in [-0.2, 0) is 0 Å². The second kappa shape index (κ2) is 10.6. The molecule has 6 heteroatoms. The van der Waals surface area contributed by atoms with Crippen LogP contribution in [0.25, 0.3) is 22.3 Å². The number of aromatic nitrogens is 2. The molecule has 0 amide bonds. The third-order valence-corrected chi connectivity index (χ3v) is 5.80. The first-order chi connectivity index (χ1) is 16.9. The number of hydrogen-bond donors (Lipinski definition) is 0. The third-order valence-electron chi connectivity index (χ3n) is 5.80. The van der Waals surface area contributed by atoms with Gasteiger partial charge in [0.15, 0.2) is 5.82 Å². The van der Waals surface area contributed by atoms with Crippen molar-refractivity contribution in [2.45, 2.75) is 40.5 Å². The van der Waals surface area contributed by atoms with E-state index in [0.717, 1.165) is 28.0 Å². The van der Waals surface area contributed by atoms with Crippen molar-refractivity contribution in [3.8, 4) is 22.9 Å². The van der Waals surface area contributed by atoms with Gasteiger partial charge in [-0.1, -0.05) is 38.1 Å². The van der Waals surface area contributed by atoms with E-state index in [9.17, 15) is 4.79 Å². The molecule has 4 aromatic rings. The highest BCUT2D eigenvalue weighted by Gasteiger charge is 2.18. The molecular formula is C29H31N3O3. The molecular weight excluding hydrogens is 438 g/mol. The molecule has 0 radical (unpaired) electrons. The van der Waals surface area contributed by atoms with Crippen LogP contribution < -0.4 is 15.0 Å². The van der Waals surface area contributed by atoms with E-state index in [1.807, 2.05) is 69.3 Å². The van der Waals surface area contributed by atoms with Gasteiger partial charge in [0.05, 0.1) is 30.3 Å². The molecule has 0 saturated heterocycles. The van der Waals surface area contributed by atoms with E-state index in [1.165, 1.54) is 4.68 Å². The molecule has 0 N–H and O–H groups in total. The minimum atomic E-state index is -0.227. The lowest BCUT2D eigenvalue weighted by atomic mass is 9.96. The number of para-hydroxylation sites is 2. The second-order valence-electron chi connectivity index (χ2n) is 8.58. The highest BCUT2D eigenvalue weighted by molar-refractivity contribution is 5.84. The third kappa shape index (κ3) is 4.97. The summed E-state index contributed by atoms with van der Waals surface area (Å²) >= 11 is 0. The number of hydrogen-bond acceptors (Lipinski definition) is 5. The zero-order valence-corrected chi connectivity index (χ0v) is 20.9. The lowest BCUT2D eigenvalue weighted by molar-refractivity contribution is 0.335. The molecule has 0 aliphatic carbocycles. The Bertz CT molecular complexity index is 1440. The smallest absolute Gasteiger partial charge is 0.282 e. The summed E-state index contributed by atoms with van der Waals surface area (Å²) in [5.41, 5.74) is 4.05. The van der Waals surface area contributed by atoms with Crippen molar-refractivity contribution in [1.82, 2.24) is 9.66 Å². The summed E-state index contributed by atoms with van der Waals surface area (Å²) in [6, 6.07) is 19.1. The van der Waals surface area contributed by atoms with Crippen LogP contribution in [0.1, 0.15) is 50.3 Å². The van der Waals surface area contributed by atoms with E-state index in [-0.39, 0.29) is 11.5 Å². The summed E-state index contributed by atoms with van der Waals surface area (Å²) in [5.74, 6) is 2.29. The number of nitrogens with zero attached hydrogens (tertiary/aromatic N) is 3. The maximum Gasteiger partial charge on any atom is 0.282 e. The van der Waals surface area contributed by atoms with Gasteiger partial charge in [-0.2, -0.15) is 9.78 Å². The van der Waals surface area contributed by atoms with Crippen LogP contribution in [-0.4, -0.2) is 29.1 Å². The van der Waals surface area contributed by atoms with Crippen molar-refractivity contribution in [2.24, 2.45) is 5.10 Å². The predicted octanol–water partition coefficient (Wildman–Crippen LogP) is 6.17. The first kappa shape index (κ1) is 24.2. The minimum Gasteiger partial charge on any atom is -0.494 e. The summed E-state index contributed by atoms with van der Waals surface area (Å²) in [7, 11) is 0. The summed E-state index contributed by atoms with van der Waals surface area (Å²) in [5, 5.41) is 5.14. The van der Waals surface area contributed by atoms with Crippen LogP contribution in [0.4, 0.5) is 0 Å². The monoisotopic (exact) mass is 469 g/mol. The molecule has 1 aromatic heterocycles. The molecule has 0 unspecified atom stereocenters. The molecule has 4 rings (SSSR count). The van der Waals surface area contributed by atoms with Crippen molar-refractivity contribution < 1.29 is 9.47 Å². The quantitative estimate of drug-likeness (QED) is 0.289. The Morgan fingerprint density at radius 2 is 1.66 bits per heavy atom. The van der Waals surface area contributed by atoms with Crippen LogP contribution in [0.5, 0.6) is 11.5 Å². The van der Waals surface area contributed by atoms with Gasteiger partial charge < -0.3 is 9.47 Å². The summed E-state index contributed by atoms with van der Waals surface area (Å²) < 4.78 is 13.0. The van der Waals surface area contributed by atoms with Gasteiger partial charge in [0.1, 0.15) is 11.5 Å². The molecule has 6 nitrogen and oxygen atoms in total. The number of benzene rings is 3. The standard InChI is InChI=1S/C29H31N3O3/c1-6-34-26-15-11-8-12-21(26)18-30-32-28(31-25-14-10-9-13-22(25)29(32)33)24-17-23(19(3)4)27(35-7-2)16-20(24)5/h8-19H,6-7H2,1-5H3. The predicted molar refractivity (Wildman–Crippen MR) is 142 cm³/mol.